The molecule has 1 aromatic heterocycles. The van der Waals surface area contributed by atoms with E-state index in [0.29, 0.717) is 15.6 Å². The van der Waals surface area contributed by atoms with Crippen LogP contribution >= 0.6 is 34.5 Å². The van der Waals surface area contributed by atoms with Crippen molar-refractivity contribution in [1.82, 2.24) is 10.2 Å². The molecule has 3 aromatic rings. The molecule has 106 valence electrons. The van der Waals surface area contributed by atoms with Gasteiger partial charge in [-0.2, -0.15) is 0 Å². The Morgan fingerprint density at radius 1 is 1.00 bits per heavy atom. The maximum Gasteiger partial charge on any atom is 0.149 e. The summed E-state index contributed by atoms with van der Waals surface area (Å²) in [5, 5.41) is 9.03. The van der Waals surface area contributed by atoms with Crippen molar-refractivity contribution >= 4 is 34.5 Å². The molecular weight excluding hydrogens is 330 g/mol. The van der Waals surface area contributed by atoms with Gasteiger partial charge >= 0.3 is 0 Å². The van der Waals surface area contributed by atoms with Gasteiger partial charge in [0.15, 0.2) is 0 Å². The molecule has 0 aliphatic rings. The maximum absolute atomic E-state index is 13.5. The summed E-state index contributed by atoms with van der Waals surface area (Å²) in [6, 6.07) is 14.2. The van der Waals surface area contributed by atoms with E-state index in [0.717, 1.165) is 5.56 Å². The summed E-state index contributed by atoms with van der Waals surface area (Å²) >= 11 is 13.7. The standard InChI is InChI=1S/C15H9Cl2FN2S/c16-12(9-5-2-1-3-6-9)15-20-19-14(21-15)10-7-4-8-11(18)13(10)17/h1-8,12H. The molecule has 2 aromatic carbocycles. The molecular formula is C15H9Cl2FN2S. The number of alkyl halides is 1. The second-order valence-electron chi connectivity index (χ2n) is 4.32. The van der Waals surface area contributed by atoms with Crippen LogP contribution in [0, 0.1) is 5.82 Å². The van der Waals surface area contributed by atoms with Crippen LogP contribution in [-0.4, -0.2) is 10.2 Å². The monoisotopic (exact) mass is 338 g/mol. The minimum Gasteiger partial charge on any atom is -0.205 e. The first-order chi connectivity index (χ1) is 10.2. The number of benzene rings is 2. The highest BCUT2D eigenvalue weighted by Gasteiger charge is 2.18. The first kappa shape index (κ1) is 14.4. The Hall–Kier alpha value is -1.49. The third-order valence-corrected chi connectivity index (χ3v) is 4.93. The van der Waals surface area contributed by atoms with Crippen LogP contribution in [0.2, 0.25) is 5.02 Å². The Morgan fingerprint density at radius 3 is 2.52 bits per heavy atom. The van der Waals surface area contributed by atoms with Gasteiger partial charge in [0.1, 0.15) is 21.2 Å². The summed E-state index contributed by atoms with van der Waals surface area (Å²) in [6.45, 7) is 0. The third-order valence-electron chi connectivity index (χ3n) is 2.93. The van der Waals surface area contributed by atoms with E-state index in [1.165, 1.54) is 17.4 Å². The number of nitrogens with zero attached hydrogens (tertiary/aromatic N) is 2. The number of halogens is 3. The second kappa shape index (κ2) is 6.10. The summed E-state index contributed by atoms with van der Waals surface area (Å²) in [4.78, 5) is 0. The van der Waals surface area contributed by atoms with Gasteiger partial charge in [-0.3, -0.25) is 0 Å². The Kier molecular flexibility index (Phi) is 4.19. The van der Waals surface area contributed by atoms with Crippen molar-refractivity contribution in [2.24, 2.45) is 0 Å². The first-order valence-corrected chi connectivity index (χ1v) is 7.76. The van der Waals surface area contributed by atoms with E-state index in [1.807, 2.05) is 30.3 Å². The molecule has 0 aliphatic heterocycles. The van der Waals surface area contributed by atoms with Crippen molar-refractivity contribution in [3.63, 3.8) is 0 Å². The molecule has 0 N–H and O–H groups in total. The van der Waals surface area contributed by atoms with Crippen molar-refractivity contribution in [2.75, 3.05) is 0 Å². The average molecular weight is 339 g/mol. The summed E-state index contributed by atoms with van der Waals surface area (Å²) in [7, 11) is 0. The molecule has 0 saturated carbocycles. The third kappa shape index (κ3) is 2.93. The predicted molar refractivity (Wildman–Crippen MR) is 84.5 cm³/mol. The summed E-state index contributed by atoms with van der Waals surface area (Å²) in [6.07, 6.45) is 0. The fourth-order valence-corrected chi connectivity index (χ4v) is 3.35. The van der Waals surface area contributed by atoms with Crippen molar-refractivity contribution in [3.05, 3.63) is 69.9 Å². The summed E-state index contributed by atoms with van der Waals surface area (Å²) in [5.74, 6) is -0.476. The smallest absolute Gasteiger partial charge is 0.149 e. The highest BCUT2D eigenvalue weighted by atomic mass is 35.5. The Morgan fingerprint density at radius 2 is 1.76 bits per heavy atom. The molecule has 1 unspecified atom stereocenters. The zero-order chi connectivity index (χ0) is 14.8. The average Bonchev–Trinajstić information content (AvgIpc) is 3.00. The molecule has 1 heterocycles. The predicted octanol–water partition coefficient (Wildman–Crippen LogP) is 5.33. The van der Waals surface area contributed by atoms with Gasteiger partial charge in [0.2, 0.25) is 0 Å². The Labute approximate surface area is 135 Å². The Balaban J connectivity index is 1.95. The maximum atomic E-state index is 13.5. The number of hydrogen-bond acceptors (Lipinski definition) is 3. The van der Waals surface area contributed by atoms with E-state index < -0.39 is 5.82 Å². The lowest BCUT2D eigenvalue weighted by Gasteiger charge is -2.04. The van der Waals surface area contributed by atoms with Gasteiger partial charge in [0.05, 0.1) is 5.02 Å². The SMILES string of the molecule is Fc1cccc(-c2nnc(C(Cl)c3ccccc3)s2)c1Cl. The van der Waals surface area contributed by atoms with Crippen LogP contribution in [0.4, 0.5) is 4.39 Å². The van der Waals surface area contributed by atoms with Crippen LogP contribution in [-0.2, 0) is 0 Å². The lowest BCUT2D eigenvalue weighted by atomic mass is 10.1. The highest BCUT2D eigenvalue weighted by molar-refractivity contribution is 7.15. The van der Waals surface area contributed by atoms with Crippen molar-refractivity contribution in [1.29, 1.82) is 0 Å². The zero-order valence-electron chi connectivity index (χ0n) is 10.6. The summed E-state index contributed by atoms with van der Waals surface area (Å²) < 4.78 is 13.5. The van der Waals surface area contributed by atoms with E-state index in [1.54, 1.807) is 12.1 Å². The second-order valence-corrected chi connectivity index (χ2v) is 6.14. The zero-order valence-corrected chi connectivity index (χ0v) is 13.0. The molecule has 0 saturated heterocycles. The van der Waals surface area contributed by atoms with E-state index >= 15 is 0 Å². The van der Waals surface area contributed by atoms with E-state index in [2.05, 4.69) is 10.2 Å². The molecule has 1 atom stereocenters. The molecule has 0 bridgehead atoms. The molecule has 0 radical (unpaired) electrons. The highest BCUT2D eigenvalue weighted by Crippen LogP contribution is 2.36. The minimum atomic E-state index is -0.476. The van der Waals surface area contributed by atoms with Gasteiger partial charge in [0, 0.05) is 5.56 Å². The van der Waals surface area contributed by atoms with Crippen molar-refractivity contribution in [3.8, 4) is 10.6 Å². The van der Waals surface area contributed by atoms with Crippen LogP contribution < -0.4 is 0 Å². The molecule has 6 heteroatoms. The molecule has 0 fully saturated rings. The van der Waals surface area contributed by atoms with Crippen molar-refractivity contribution in [2.45, 2.75) is 5.38 Å². The first-order valence-electron chi connectivity index (χ1n) is 6.13. The van der Waals surface area contributed by atoms with Gasteiger partial charge in [-0.1, -0.05) is 65.4 Å². The largest absolute Gasteiger partial charge is 0.205 e. The van der Waals surface area contributed by atoms with E-state index in [-0.39, 0.29) is 10.4 Å². The number of rotatable bonds is 3. The van der Waals surface area contributed by atoms with Crippen LogP contribution in [0.25, 0.3) is 10.6 Å². The molecule has 0 aliphatic carbocycles. The molecule has 3 rings (SSSR count). The van der Waals surface area contributed by atoms with Gasteiger partial charge in [0.25, 0.3) is 0 Å². The van der Waals surface area contributed by atoms with Gasteiger partial charge in [-0.05, 0) is 11.6 Å². The summed E-state index contributed by atoms with van der Waals surface area (Å²) in [5.41, 5.74) is 1.46. The Bertz CT molecular complexity index is 761. The molecule has 0 spiro atoms. The molecule has 2 nitrogen and oxygen atoms in total. The van der Waals surface area contributed by atoms with Gasteiger partial charge in [-0.15, -0.1) is 21.8 Å². The van der Waals surface area contributed by atoms with Crippen LogP contribution in [0.1, 0.15) is 15.9 Å². The van der Waals surface area contributed by atoms with E-state index in [4.69, 9.17) is 23.2 Å². The fraction of sp³-hybridized carbons (Fsp3) is 0.0667. The topological polar surface area (TPSA) is 25.8 Å². The van der Waals surface area contributed by atoms with Crippen molar-refractivity contribution < 1.29 is 4.39 Å². The van der Waals surface area contributed by atoms with Crippen LogP contribution in [0.15, 0.2) is 48.5 Å². The fourth-order valence-electron chi connectivity index (χ4n) is 1.88. The number of aromatic nitrogens is 2. The van der Waals surface area contributed by atoms with Gasteiger partial charge < -0.3 is 0 Å². The lowest BCUT2D eigenvalue weighted by molar-refractivity contribution is 0.629. The number of hydrogen-bond donors (Lipinski definition) is 0. The van der Waals surface area contributed by atoms with Gasteiger partial charge in [-0.25, -0.2) is 4.39 Å². The van der Waals surface area contributed by atoms with Crippen LogP contribution in [0.3, 0.4) is 0 Å². The molecule has 21 heavy (non-hydrogen) atoms. The van der Waals surface area contributed by atoms with Crippen LogP contribution in [0.5, 0.6) is 0 Å². The normalized spacial score (nSPS) is 12.3. The molecule has 0 amide bonds. The minimum absolute atomic E-state index is 0.0473. The quantitative estimate of drug-likeness (QED) is 0.603. The lowest BCUT2D eigenvalue weighted by Crippen LogP contribution is -1.91. The van der Waals surface area contributed by atoms with E-state index in [9.17, 15) is 4.39 Å².